The number of allylic oxidation sites excluding steroid dienone is 2. The lowest BCUT2D eigenvalue weighted by Gasteiger charge is -2.28. The zero-order valence-electron chi connectivity index (χ0n) is 31.8. The fourth-order valence-corrected chi connectivity index (χ4v) is 9.99. The summed E-state index contributed by atoms with van der Waals surface area (Å²) in [6, 6.07) is 53.9. The highest BCUT2D eigenvalue weighted by Crippen LogP contribution is 2.47. The van der Waals surface area contributed by atoms with Crippen LogP contribution >= 0.6 is 11.3 Å². The van der Waals surface area contributed by atoms with Gasteiger partial charge in [0.2, 0.25) is 0 Å². The van der Waals surface area contributed by atoms with E-state index < -0.39 is 0 Å². The molecule has 0 atom stereocenters. The van der Waals surface area contributed by atoms with Crippen LogP contribution in [-0.4, -0.2) is 4.40 Å². The van der Waals surface area contributed by atoms with Gasteiger partial charge in [-0.15, -0.1) is 11.3 Å². The van der Waals surface area contributed by atoms with Crippen LogP contribution in [-0.2, 0) is 0 Å². The summed E-state index contributed by atoms with van der Waals surface area (Å²) in [7, 11) is 0. The molecule has 0 bridgehead atoms. The van der Waals surface area contributed by atoms with E-state index in [1.165, 1.54) is 92.0 Å². The summed E-state index contributed by atoms with van der Waals surface area (Å²) in [4.78, 5) is 3.70. The Bertz CT molecular complexity index is 3190. The molecule has 0 spiro atoms. The van der Waals surface area contributed by atoms with Crippen molar-refractivity contribution in [2.45, 2.75) is 20.8 Å². The van der Waals surface area contributed by atoms with Crippen LogP contribution in [0.2, 0.25) is 0 Å². The molecule has 0 saturated carbocycles. The van der Waals surface area contributed by atoms with E-state index in [0.29, 0.717) is 0 Å². The van der Waals surface area contributed by atoms with E-state index >= 15 is 0 Å². The Hall–Kier alpha value is -6.68. The molecule has 0 radical (unpaired) electrons. The fourth-order valence-electron chi connectivity index (χ4n) is 8.77. The predicted molar refractivity (Wildman–Crippen MR) is 246 cm³/mol. The molecule has 0 amide bonds. The highest BCUT2D eigenvalue weighted by Gasteiger charge is 2.24. The van der Waals surface area contributed by atoms with Crippen molar-refractivity contribution in [1.29, 1.82) is 0 Å². The van der Waals surface area contributed by atoms with Crippen LogP contribution < -0.4 is 4.90 Å². The molecule has 56 heavy (non-hydrogen) atoms. The van der Waals surface area contributed by atoms with Crippen molar-refractivity contribution in [3.05, 3.63) is 186 Å². The Morgan fingerprint density at radius 3 is 2.05 bits per heavy atom. The average Bonchev–Trinajstić information content (AvgIpc) is 3.89. The lowest BCUT2D eigenvalue weighted by Crippen LogP contribution is -2.11. The van der Waals surface area contributed by atoms with Gasteiger partial charge in [0.1, 0.15) is 0 Å². The van der Waals surface area contributed by atoms with Gasteiger partial charge in [0.25, 0.3) is 0 Å². The standard InChI is InChI=1S/C53H40N2S/c1-5-14-36-16-8-9-17-41(36)47-33-39(28-24-34(47)4)54(38-29-25-35(26-30-38)37-27-31-43-40(7-3)50(15-6-2)56-51(43)32-37)49-23-13-21-46-45-20-12-19-44-42-18-10-11-22-48(42)55(52(44)45)53(46)49/h5-33H,3H2,1-2,4H3/b14-5+,15-6-. The molecule has 10 aromatic rings. The summed E-state index contributed by atoms with van der Waals surface area (Å²) >= 11 is 1.82. The third kappa shape index (κ3) is 5.23. The zero-order valence-corrected chi connectivity index (χ0v) is 32.6. The van der Waals surface area contributed by atoms with Crippen molar-refractivity contribution in [3.8, 4) is 22.3 Å². The van der Waals surface area contributed by atoms with Crippen molar-refractivity contribution in [2.75, 3.05) is 4.90 Å². The molecule has 2 nitrogen and oxygen atoms in total. The van der Waals surface area contributed by atoms with Crippen molar-refractivity contribution >= 4 is 94.8 Å². The van der Waals surface area contributed by atoms with Gasteiger partial charge in [-0.2, -0.15) is 0 Å². The number of para-hydroxylation sites is 3. The summed E-state index contributed by atoms with van der Waals surface area (Å²) in [6.45, 7) is 10.5. The van der Waals surface area contributed by atoms with Crippen LogP contribution in [0.15, 0.2) is 164 Å². The Morgan fingerprint density at radius 2 is 1.25 bits per heavy atom. The second-order valence-corrected chi connectivity index (χ2v) is 15.6. The number of nitrogens with zero attached hydrogens (tertiary/aromatic N) is 2. The van der Waals surface area contributed by atoms with Gasteiger partial charge < -0.3 is 9.30 Å². The van der Waals surface area contributed by atoms with Crippen LogP contribution in [0.5, 0.6) is 0 Å². The van der Waals surface area contributed by atoms with Gasteiger partial charge >= 0.3 is 0 Å². The maximum absolute atomic E-state index is 4.11. The molecular formula is C53H40N2S. The van der Waals surface area contributed by atoms with Gasteiger partial charge in [-0.05, 0) is 108 Å². The summed E-state index contributed by atoms with van der Waals surface area (Å²) in [5.41, 5.74) is 15.6. The normalized spacial score (nSPS) is 12.1. The number of fused-ring (bicyclic) bond motifs is 7. The number of hydrogen-bond acceptors (Lipinski definition) is 2. The minimum absolute atomic E-state index is 1.10. The lowest BCUT2D eigenvalue weighted by atomic mass is 9.94. The van der Waals surface area contributed by atoms with Crippen molar-refractivity contribution in [2.24, 2.45) is 0 Å². The number of aryl methyl sites for hydroxylation is 1. The molecule has 268 valence electrons. The molecule has 0 saturated heterocycles. The van der Waals surface area contributed by atoms with E-state index in [0.717, 1.165) is 17.1 Å². The first-order valence-electron chi connectivity index (χ1n) is 19.3. The third-order valence-corrected chi connectivity index (χ3v) is 12.4. The van der Waals surface area contributed by atoms with Crippen molar-refractivity contribution in [3.63, 3.8) is 0 Å². The van der Waals surface area contributed by atoms with Crippen LogP contribution in [0.3, 0.4) is 0 Å². The number of anilines is 3. The summed E-state index contributed by atoms with van der Waals surface area (Å²) < 4.78 is 3.77. The van der Waals surface area contributed by atoms with Gasteiger partial charge in [-0.3, -0.25) is 0 Å². The molecule has 0 fully saturated rings. The first-order valence-corrected chi connectivity index (χ1v) is 20.1. The Kier molecular flexibility index (Phi) is 8.20. The Morgan fingerprint density at radius 1 is 0.571 bits per heavy atom. The van der Waals surface area contributed by atoms with E-state index in [9.17, 15) is 0 Å². The molecule has 0 aliphatic carbocycles. The largest absolute Gasteiger partial charge is 0.308 e. The quantitative estimate of drug-likeness (QED) is 0.151. The minimum atomic E-state index is 1.10. The third-order valence-electron chi connectivity index (χ3n) is 11.3. The molecule has 0 aliphatic heterocycles. The van der Waals surface area contributed by atoms with Gasteiger partial charge in [-0.1, -0.05) is 134 Å². The van der Waals surface area contributed by atoms with Crippen LogP contribution in [0.4, 0.5) is 17.1 Å². The van der Waals surface area contributed by atoms with Crippen molar-refractivity contribution in [1.82, 2.24) is 4.40 Å². The number of benzene rings is 7. The minimum Gasteiger partial charge on any atom is -0.308 e. The van der Waals surface area contributed by atoms with Crippen molar-refractivity contribution < 1.29 is 0 Å². The summed E-state index contributed by atoms with van der Waals surface area (Å²) in [5.74, 6) is 0. The molecule has 3 heterocycles. The molecule has 3 aromatic heterocycles. The van der Waals surface area contributed by atoms with E-state index in [1.807, 2.05) is 17.4 Å². The van der Waals surface area contributed by atoms with Gasteiger partial charge in [-0.25, -0.2) is 0 Å². The van der Waals surface area contributed by atoms with Crippen LogP contribution in [0.1, 0.15) is 35.4 Å². The predicted octanol–water partition coefficient (Wildman–Crippen LogP) is 15.9. The molecule has 0 unspecified atom stereocenters. The highest BCUT2D eigenvalue weighted by molar-refractivity contribution is 7.20. The fraction of sp³-hybridized carbons (Fsp3) is 0.0566. The topological polar surface area (TPSA) is 7.65 Å². The first-order chi connectivity index (χ1) is 27.6. The maximum Gasteiger partial charge on any atom is 0.0782 e. The number of rotatable bonds is 8. The van der Waals surface area contributed by atoms with E-state index in [1.54, 1.807) is 0 Å². The van der Waals surface area contributed by atoms with Gasteiger partial charge in [0, 0.05) is 47.9 Å². The number of hydrogen-bond donors (Lipinski definition) is 0. The average molecular weight is 737 g/mol. The monoisotopic (exact) mass is 736 g/mol. The Balaban J connectivity index is 1.20. The molecule has 10 rings (SSSR count). The van der Waals surface area contributed by atoms with Crippen LogP contribution in [0.25, 0.3) is 88.7 Å². The number of aromatic nitrogens is 1. The SMILES string of the molecule is C=Cc1c(/C=C\C)sc2cc(-c3ccc(N(c4ccc(C)c(-c5ccccc5/C=C/C)c4)c4cccc5c6cccc7c8ccccc8n(c45)c76)cc3)ccc12. The first kappa shape index (κ1) is 33.9. The summed E-state index contributed by atoms with van der Waals surface area (Å²) in [6.07, 6.45) is 10.6. The molecule has 7 aromatic carbocycles. The Labute approximate surface area is 331 Å². The maximum atomic E-state index is 4.11. The lowest BCUT2D eigenvalue weighted by molar-refractivity contribution is 1.26. The highest BCUT2D eigenvalue weighted by atomic mass is 32.1. The second kappa shape index (κ2) is 13.6. The van der Waals surface area contributed by atoms with E-state index in [-0.39, 0.29) is 0 Å². The van der Waals surface area contributed by atoms with E-state index in [4.69, 9.17) is 0 Å². The zero-order chi connectivity index (χ0) is 37.9. The van der Waals surface area contributed by atoms with Gasteiger partial charge in [0.15, 0.2) is 0 Å². The smallest absolute Gasteiger partial charge is 0.0782 e. The van der Waals surface area contributed by atoms with Gasteiger partial charge in [0.05, 0.1) is 22.2 Å². The molecule has 0 N–H and O–H groups in total. The van der Waals surface area contributed by atoms with Crippen LogP contribution in [0, 0.1) is 6.92 Å². The number of thiophene rings is 1. The molecular weight excluding hydrogens is 697 g/mol. The second-order valence-electron chi connectivity index (χ2n) is 14.5. The molecule has 0 aliphatic rings. The van der Waals surface area contributed by atoms with E-state index in [2.05, 4.69) is 207 Å². The molecule has 3 heteroatoms. The summed E-state index contributed by atoms with van der Waals surface area (Å²) in [5, 5.41) is 6.34.